The van der Waals surface area contributed by atoms with Gasteiger partial charge in [0, 0.05) is 11.9 Å². The molecule has 3 aromatic rings. The molecule has 138 valence electrons. The van der Waals surface area contributed by atoms with Crippen molar-refractivity contribution in [2.45, 2.75) is 13.3 Å². The molecule has 0 saturated carbocycles. The summed E-state index contributed by atoms with van der Waals surface area (Å²) in [6.45, 7) is 2.09. The van der Waals surface area contributed by atoms with Gasteiger partial charge in [-0.1, -0.05) is 54.6 Å². The lowest BCUT2D eigenvalue weighted by Gasteiger charge is -2.10. The summed E-state index contributed by atoms with van der Waals surface area (Å²) < 4.78 is 5.04. The molecule has 0 aromatic heterocycles. The van der Waals surface area contributed by atoms with E-state index in [0.717, 1.165) is 10.9 Å². The third-order valence-electron chi connectivity index (χ3n) is 4.43. The lowest BCUT2D eigenvalue weighted by molar-refractivity contribution is -0.124. The van der Waals surface area contributed by atoms with Crippen LogP contribution in [0.15, 0.2) is 60.7 Å². The second kappa shape index (κ2) is 8.36. The number of nitrogens with one attached hydrogen (secondary N) is 1. The molecule has 0 unspecified atom stereocenters. The van der Waals surface area contributed by atoms with Crippen molar-refractivity contribution in [3.8, 4) is 5.75 Å². The van der Waals surface area contributed by atoms with Gasteiger partial charge in [0.25, 0.3) is 5.91 Å². The number of hydrogen-bond donors (Lipinski definition) is 2. The molecular formula is C22H21NO4. The molecule has 0 atom stereocenters. The summed E-state index contributed by atoms with van der Waals surface area (Å²) in [4.78, 5) is 24.1. The largest absolute Gasteiger partial charge is 0.506 e. The number of phenolic OH excluding ortho intramolecular Hbond substituents is 1. The summed E-state index contributed by atoms with van der Waals surface area (Å²) in [5.41, 5.74) is 2.38. The van der Waals surface area contributed by atoms with Crippen molar-refractivity contribution in [3.63, 3.8) is 0 Å². The number of fused-ring (bicyclic) bond motifs is 1. The van der Waals surface area contributed by atoms with E-state index in [1.807, 2.05) is 43.3 Å². The zero-order chi connectivity index (χ0) is 19.2. The van der Waals surface area contributed by atoms with Crippen LogP contribution in [0, 0.1) is 6.92 Å². The van der Waals surface area contributed by atoms with Crippen molar-refractivity contribution in [1.29, 1.82) is 0 Å². The van der Waals surface area contributed by atoms with Crippen molar-refractivity contribution >= 4 is 22.6 Å². The van der Waals surface area contributed by atoms with Crippen molar-refractivity contribution in [1.82, 2.24) is 5.32 Å². The first-order valence-electron chi connectivity index (χ1n) is 8.75. The van der Waals surface area contributed by atoms with E-state index in [2.05, 4.69) is 5.32 Å². The summed E-state index contributed by atoms with van der Waals surface area (Å²) in [5.74, 6) is -1.25. The van der Waals surface area contributed by atoms with E-state index >= 15 is 0 Å². The highest BCUT2D eigenvalue weighted by molar-refractivity contribution is 6.01. The molecule has 5 heteroatoms. The Morgan fingerprint density at radius 1 is 1.00 bits per heavy atom. The molecule has 5 nitrogen and oxygen atoms in total. The smallest absolute Gasteiger partial charge is 0.342 e. The molecule has 0 bridgehead atoms. The second-order valence-corrected chi connectivity index (χ2v) is 6.29. The lowest BCUT2D eigenvalue weighted by atomic mass is 10.1. The highest BCUT2D eigenvalue weighted by Crippen LogP contribution is 2.28. The molecular weight excluding hydrogens is 342 g/mol. The van der Waals surface area contributed by atoms with Gasteiger partial charge in [0.15, 0.2) is 6.61 Å². The minimum absolute atomic E-state index is 0.0430. The number of ether oxygens (including phenoxy) is 1. The summed E-state index contributed by atoms with van der Waals surface area (Å²) in [6.07, 6.45) is 0.706. The minimum Gasteiger partial charge on any atom is -0.506 e. The maximum absolute atomic E-state index is 12.2. The fraction of sp³-hybridized carbons (Fsp3) is 0.182. The van der Waals surface area contributed by atoms with Crippen molar-refractivity contribution in [2.24, 2.45) is 0 Å². The molecule has 3 aromatic carbocycles. The van der Waals surface area contributed by atoms with Gasteiger partial charge in [-0.15, -0.1) is 0 Å². The van der Waals surface area contributed by atoms with Gasteiger partial charge in [-0.3, -0.25) is 4.79 Å². The average molecular weight is 363 g/mol. The Morgan fingerprint density at radius 2 is 1.74 bits per heavy atom. The Morgan fingerprint density at radius 3 is 2.56 bits per heavy atom. The first-order valence-corrected chi connectivity index (χ1v) is 8.75. The van der Waals surface area contributed by atoms with Crippen molar-refractivity contribution in [2.75, 3.05) is 13.2 Å². The number of rotatable bonds is 6. The minimum atomic E-state index is -0.729. The molecule has 0 aliphatic carbocycles. The first kappa shape index (κ1) is 18.5. The predicted molar refractivity (Wildman–Crippen MR) is 104 cm³/mol. The molecule has 2 N–H and O–H groups in total. The topological polar surface area (TPSA) is 75.6 Å². The lowest BCUT2D eigenvalue weighted by Crippen LogP contribution is -2.30. The van der Waals surface area contributed by atoms with Crippen LogP contribution < -0.4 is 5.32 Å². The molecule has 0 spiro atoms. The number of aryl methyl sites for hydroxylation is 1. The molecule has 3 rings (SSSR count). The van der Waals surface area contributed by atoms with Gasteiger partial charge >= 0.3 is 5.97 Å². The summed E-state index contributed by atoms with van der Waals surface area (Å²) in [5, 5.41) is 14.4. The van der Waals surface area contributed by atoms with E-state index in [1.54, 1.807) is 18.2 Å². The number of aromatic hydroxyl groups is 1. The van der Waals surface area contributed by atoms with Crippen LogP contribution in [0.2, 0.25) is 0 Å². The van der Waals surface area contributed by atoms with Crippen LogP contribution in [0.25, 0.3) is 10.8 Å². The summed E-state index contributed by atoms with van der Waals surface area (Å²) in [7, 11) is 0. The quantitative estimate of drug-likeness (QED) is 0.659. The molecule has 0 radical (unpaired) electrons. The van der Waals surface area contributed by atoms with E-state index in [1.165, 1.54) is 11.6 Å². The highest BCUT2D eigenvalue weighted by Gasteiger charge is 2.16. The van der Waals surface area contributed by atoms with E-state index < -0.39 is 12.6 Å². The Labute approximate surface area is 157 Å². The molecule has 27 heavy (non-hydrogen) atoms. The van der Waals surface area contributed by atoms with E-state index in [-0.39, 0.29) is 17.2 Å². The third kappa shape index (κ3) is 4.44. The number of phenols is 1. The second-order valence-electron chi connectivity index (χ2n) is 6.29. The molecule has 0 heterocycles. The van der Waals surface area contributed by atoms with Crippen LogP contribution in [-0.4, -0.2) is 30.1 Å². The number of carbonyl (C=O) groups excluding carboxylic acids is 2. The van der Waals surface area contributed by atoms with E-state index in [0.29, 0.717) is 18.4 Å². The van der Waals surface area contributed by atoms with Crippen LogP contribution in [-0.2, 0) is 16.0 Å². The van der Waals surface area contributed by atoms with Gasteiger partial charge in [0.1, 0.15) is 11.3 Å². The molecule has 0 fully saturated rings. The van der Waals surface area contributed by atoms with Crippen LogP contribution >= 0.6 is 0 Å². The molecule has 0 aliphatic rings. The number of hydrogen-bond acceptors (Lipinski definition) is 4. The van der Waals surface area contributed by atoms with Gasteiger partial charge < -0.3 is 15.2 Å². The van der Waals surface area contributed by atoms with Gasteiger partial charge in [0.2, 0.25) is 0 Å². The fourth-order valence-corrected chi connectivity index (χ4v) is 2.91. The monoisotopic (exact) mass is 363 g/mol. The maximum Gasteiger partial charge on any atom is 0.342 e. The Bertz CT molecular complexity index is 981. The van der Waals surface area contributed by atoms with Crippen LogP contribution in [0.1, 0.15) is 21.5 Å². The van der Waals surface area contributed by atoms with Crippen LogP contribution in [0.5, 0.6) is 5.75 Å². The number of benzene rings is 3. The molecule has 1 amide bonds. The Kier molecular flexibility index (Phi) is 5.71. The average Bonchev–Trinajstić information content (AvgIpc) is 2.68. The van der Waals surface area contributed by atoms with Gasteiger partial charge in [-0.05, 0) is 35.9 Å². The standard InChI is InChI=1S/C22H21NO4/c1-15-6-2-3-7-16(15)12-13-23-20(24)14-27-22(26)19-11-10-17-8-4-5-9-18(17)21(19)25/h2-11,25H,12-14H2,1H3,(H,23,24). The summed E-state index contributed by atoms with van der Waals surface area (Å²) in [6, 6.07) is 18.4. The van der Waals surface area contributed by atoms with E-state index in [9.17, 15) is 14.7 Å². The van der Waals surface area contributed by atoms with Gasteiger partial charge in [-0.25, -0.2) is 4.79 Å². The third-order valence-corrected chi connectivity index (χ3v) is 4.43. The Hall–Kier alpha value is -3.34. The van der Waals surface area contributed by atoms with Gasteiger partial charge in [-0.2, -0.15) is 0 Å². The molecule has 0 aliphatic heterocycles. The SMILES string of the molecule is Cc1ccccc1CCNC(=O)COC(=O)c1ccc2ccccc2c1O. The number of amides is 1. The van der Waals surface area contributed by atoms with Crippen LogP contribution in [0.4, 0.5) is 0 Å². The van der Waals surface area contributed by atoms with Crippen molar-refractivity contribution < 1.29 is 19.4 Å². The zero-order valence-corrected chi connectivity index (χ0v) is 15.1. The van der Waals surface area contributed by atoms with Gasteiger partial charge in [0.05, 0.1) is 0 Å². The number of carbonyl (C=O) groups is 2. The van der Waals surface area contributed by atoms with Crippen molar-refractivity contribution in [3.05, 3.63) is 77.4 Å². The number of esters is 1. The maximum atomic E-state index is 12.2. The summed E-state index contributed by atoms with van der Waals surface area (Å²) >= 11 is 0. The first-order chi connectivity index (χ1) is 13.1. The highest BCUT2D eigenvalue weighted by atomic mass is 16.5. The van der Waals surface area contributed by atoms with Crippen LogP contribution in [0.3, 0.4) is 0 Å². The van der Waals surface area contributed by atoms with E-state index in [4.69, 9.17) is 4.74 Å². The zero-order valence-electron chi connectivity index (χ0n) is 15.1. The Balaban J connectivity index is 1.52. The fourth-order valence-electron chi connectivity index (χ4n) is 2.91. The molecule has 0 saturated heterocycles. The normalized spacial score (nSPS) is 10.6. The predicted octanol–water partition coefficient (Wildman–Crippen LogP) is 3.37.